The van der Waals surface area contributed by atoms with Crippen LogP contribution in [0.5, 0.6) is 0 Å². The molecule has 0 radical (unpaired) electrons. The number of alkyl halides is 4. The summed E-state index contributed by atoms with van der Waals surface area (Å²) < 4.78 is 54.4. The van der Waals surface area contributed by atoms with Crippen molar-refractivity contribution in [3.63, 3.8) is 0 Å². The summed E-state index contributed by atoms with van der Waals surface area (Å²) in [5.41, 5.74) is -2.81. The van der Waals surface area contributed by atoms with Crippen LogP contribution in [0, 0.1) is 17.8 Å². The lowest BCUT2D eigenvalue weighted by Crippen LogP contribution is -2.42. The highest BCUT2D eigenvalue weighted by Crippen LogP contribution is 2.42. The fourth-order valence-electron chi connectivity index (χ4n) is 4.22. The summed E-state index contributed by atoms with van der Waals surface area (Å²) in [4.78, 5) is 45.3. The van der Waals surface area contributed by atoms with E-state index in [0.717, 1.165) is 6.07 Å². The van der Waals surface area contributed by atoms with E-state index in [1.807, 2.05) is 0 Å². The molecule has 0 saturated heterocycles. The fourth-order valence-corrected chi connectivity index (χ4v) is 4.22. The molecule has 2 aliphatic rings. The van der Waals surface area contributed by atoms with E-state index in [4.69, 9.17) is 0 Å². The van der Waals surface area contributed by atoms with E-state index in [2.05, 4.69) is 9.97 Å². The minimum absolute atomic E-state index is 0.0874. The van der Waals surface area contributed by atoms with Crippen LogP contribution in [0.1, 0.15) is 54.1 Å². The molecular formula is C20H16F4N2O3. The van der Waals surface area contributed by atoms with Crippen LogP contribution in [0.15, 0.2) is 18.2 Å². The van der Waals surface area contributed by atoms with E-state index in [9.17, 15) is 31.9 Å². The molecule has 0 spiro atoms. The number of nitrogens with zero attached hydrogens (tertiary/aromatic N) is 2. The number of hydrogen-bond acceptors (Lipinski definition) is 5. The van der Waals surface area contributed by atoms with Gasteiger partial charge in [0.05, 0.1) is 11.3 Å². The van der Waals surface area contributed by atoms with Crippen LogP contribution in [0.4, 0.5) is 17.6 Å². The second kappa shape index (κ2) is 6.67. The highest BCUT2D eigenvalue weighted by Gasteiger charge is 2.51. The molecule has 0 aliphatic heterocycles. The Morgan fingerprint density at radius 3 is 2.28 bits per heavy atom. The molecule has 152 valence electrons. The number of aromatic nitrogens is 2. The van der Waals surface area contributed by atoms with Crippen molar-refractivity contribution in [2.75, 3.05) is 0 Å². The van der Waals surface area contributed by atoms with Gasteiger partial charge in [-0.05, 0) is 44.4 Å². The van der Waals surface area contributed by atoms with Gasteiger partial charge in [-0.25, -0.2) is 14.4 Å². The first-order valence-corrected chi connectivity index (χ1v) is 9.22. The van der Waals surface area contributed by atoms with Gasteiger partial charge >= 0.3 is 6.18 Å². The van der Waals surface area contributed by atoms with Crippen molar-refractivity contribution in [2.24, 2.45) is 17.8 Å². The highest BCUT2D eigenvalue weighted by molar-refractivity contribution is 6.27. The minimum Gasteiger partial charge on any atom is -0.298 e. The molecule has 3 unspecified atom stereocenters. The van der Waals surface area contributed by atoms with Crippen LogP contribution >= 0.6 is 0 Å². The third kappa shape index (κ3) is 3.22. The van der Waals surface area contributed by atoms with Gasteiger partial charge in [0.25, 0.3) is 0 Å². The van der Waals surface area contributed by atoms with Crippen molar-refractivity contribution >= 4 is 28.4 Å². The van der Waals surface area contributed by atoms with Gasteiger partial charge in [0.1, 0.15) is 12.1 Å². The molecule has 4 rings (SSSR count). The Morgan fingerprint density at radius 2 is 1.72 bits per heavy atom. The van der Waals surface area contributed by atoms with Gasteiger partial charge in [0.2, 0.25) is 0 Å². The summed E-state index contributed by atoms with van der Waals surface area (Å²) in [6.45, 7) is 1.19. The van der Waals surface area contributed by atoms with E-state index in [-0.39, 0.29) is 16.7 Å². The van der Waals surface area contributed by atoms with E-state index in [1.54, 1.807) is 0 Å². The summed E-state index contributed by atoms with van der Waals surface area (Å²) in [6.07, 6.45) is -5.23. The maximum absolute atomic E-state index is 13.6. The van der Waals surface area contributed by atoms with Crippen molar-refractivity contribution in [1.29, 1.82) is 0 Å². The third-order valence-electron chi connectivity index (χ3n) is 5.71. The Bertz CT molecular complexity index is 1030. The summed E-state index contributed by atoms with van der Waals surface area (Å²) in [6, 6.07) is 3.53. The molecule has 2 aromatic rings. The van der Waals surface area contributed by atoms with Crippen molar-refractivity contribution in [1.82, 2.24) is 9.97 Å². The molecular weight excluding hydrogens is 392 g/mol. The van der Waals surface area contributed by atoms with Gasteiger partial charge in [-0.3, -0.25) is 14.4 Å². The van der Waals surface area contributed by atoms with Crippen LogP contribution in [0.25, 0.3) is 11.0 Å². The fraction of sp³-hybridized carbons (Fsp3) is 0.450. The van der Waals surface area contributed by atoms with Gasteiger partial charge in [-0.1, -0.05) is 0 Å². The molecule has 2 bridgehead atoms. The largest absolute Gasteiger partial charge is 0.434 e. The van der Waals surface area contributed by atoms with Crippen LogP contribution in [-0.4, -0.2) is 27.3 Å². The molecule has 0 aromatic carbocycles. The first kappa shape index (κ1) is 19.6. The highest BCUT2D eigenvalue weighted by atomic mass is 19.4. The van der Waals surface area contributed by atoms with Crippen LogP contribution in [0.3, 0.4) is 0 Å². The SMILES string of the molecule is CC(F)c1ccc2cc(C(=O)C3C(=O)C4CCC(C4)C3=O)c(C(F)(F)F)nc2n1. The first-order chi connectivity index (χ1) is 13.6. The van der Waals surface area contributed by atoms with E-state index in [0.29, 0.717) is 19.3 Å². The smallest absolute Gasteiger partial charge is 0.298 e. The lowest BCUT2D eigenvalue weighted by molar-refractivity contribution is -0.142. The van der Waals surface area contributed by atoms with Crippen LogP contribution in [-0.2, 0) is 15.8 Å². The summed E-state index contributed by atoms with van der Waals surface area (Å²) in [5, 5.41) is 0.0874. The Kier molecular flexibility index (Phi) is 4.51. The number of ketones is 3. The quantitative estimate of drug-likeness (QED) is 0.435. The average molecular weight is 408 g/mol. The molecule has 9 heteroatoms. The zero-order valence-electron chi connectivity index (χ0n) is 15.3. The topological polar surface area (TPSA) is 77.0 Å². The Balaban J connectivity index is 1.85. The third-order valence-corrected chi connectivity index (χ3v) is 5.71. The Labute approximate surface area is 162 Å². The Morgan fingerprint density at radius 1 is 1.10 bits per heavy atom. The minimum atomic E-state index is -5.02. The first-order valence-electron chi connectivity index (χ1n) is 9.22. The maximum Gasteiger partial charge on any atom is 0.434 e. The lowest BCUT2D eigenvalue weighted by Gasteiger charge is -2.25. The summed E-state index contributed by atoms with van der Waals surface area (Å²) in [7, 11) is 0. The van der Waals surface area contributed by atoms with E-state index >= 15 is 0 Å². The Hall–Kier alpha value is -2.71. The van der Waals surface area contributed by atoms with Crippen LogP contribution < -0.4 is 0 Å². The monoisotopic (exact) mass is 408 g/mol. The number of Topliss-reactive ketones (excluding diaryl/α,β-unsaturated/α-hetero) is 3. The molecule has 2 fully saturated rings. The molecule has 29 heavy (non-hydrogen) atoms. The van der Waals surface area contributed by atoms with Gasteiger partial charge < -0.3 is 0 Å². The summed E-state index contributed by atoms with van der Waals surface area (Å²) in [5.74, 6) is -5.06. The molecule has 2 saturated carbocycles. The number of fused-ring (bicyclic) bond motifs is 3. The number of carbonyl (C=O) groups excluding carboxylic acids is 3. The lowest BCUT2D eigenvalue weighted by atomic mass is 9.75. The van der Waals surface area contributed by atoms with E-state index in [1.165, 1.54) is 19.1 Å². The van der Waals surface area contributed by atoms with Crippen LogP contribution in [0.2, 0.25) is 0 Å². The van der Waals surface area contributed by atoms with Crippen molar-refractivity contribution in [3.05, 3.63) is 35.2 Å². The molecule has 2 aliphatic carbocycles. The van der Waals surface area contributed by atoms with Gasteiger partial charge in [-0.2, -0.15) is 13.2 Å². The molecule has 3 atom stereocenters. The molecule has 0 N–H and O–H groups in total. The second-order valence-electron chi connectivity index (χ2n) is 7.59. The summed E-state index contributed by atoms with van der Waals surface area (Å²) >= 11 is 0. The van der Waals surface area contributed by atoms with Gasteiger partial charge in [-0.15, -0.1) is 0 Å². The van der Waals surface area contributed by atoms with Crippen molar-refractivity contribution in [2.45, 2.75) is 38.5 Å². The van der Waals surface area contributed by atoms with E-state index < -0.39 is 58.7 Å². The number of hydrogen-bond donors (Lipinski definition) is 0. The number of pyridine rings is 2. The maximum atomic E-state index is 13.6. The predicted octanol–water partition coefficient (Wildman–Crippen LogP) is 4.05. The zero-order valence-corrected chi connectivity index (χ0v) is 15.3. The number of rotatable bonds is 3. The number of carbonyl (C=O) groups is 3. The molecule has 0 amide bonds. The molecule has 2 aromatic heterocycles. The standard InChI is InChI=1S/C20H16F4N2O3/c1-8(21)13-5-4-11-7-12(18(20(22,23)24)26-19(11)25-13)17(29)14-15(27)9-2-3-10(6-9)16(14)28/h4-5,7-10,14H,2-3,6H2,1H3. The zero-order chi connectivity index (χ0) is 21.1. The second-order valence-corrected chi connectivity index (χ2v) is 7.59. The van der Waals surface area contributed by atoms with Gasteiger partial charge in [0.15, 0.2) is 28.7 Å². The average Bonchev–Trinajstić information content (AvgIpc) is 3.11. The van der Waals surface area contributed by atoms with Crippen molar-refractivity contribution in [3.8, 4) is 0 Å². The molecule has 5 nitrogen and oxygen atoms in total. The number of halogens is 4. The normalized spacial score (nSPS) is 25.5. The van der Waals surface area contributed by atoms with Crippen molar-refractivity contribution < 1.29 is 31.9 Å². The van der Waals surface area contributed by atoms with Gasteiger partial charge in [0, 0.05) is 17.2 Å². The molecule has 2 heterocycles. The predicted molar refractivity (Wildman–Crippen MR) is 92.7 cm³/mol.